The number of Topliss-reactive ketones (excluding diaryl/α,β-unsaturated/α-hetero) is 1. The summed E-state index contributed by atoms with van der Waals surface area (Å²) in [6, 6.07) is 14.0. The maximum Gasteiger partial charge on any atom is 0.233 e. The first-order valence-corrected chi connectivity index (χ1v) is 8.24. The fourth-order valence-corrected chi connectivity index (χ4v) is 2.48. The van der Waals surface area contributed by atoms with Gasteiger partial charge in [-0.15, -0.1) is 0 Å². The number of amides is 2. The lowest BCUT2D eigenvalue weighted by atomic mass is 10.1. The summed E-state index contributed by atoms with van der Waals surface area (Å²) in [6.07, 6.45) is 0.356. The monoisotopic (exact) mass is 358 g/mol. The van der Waals surface area contributed by atoms with Crippen molar-refractivity contribution in [3.8, 4) is 0 Å². The van der Waals surface area contributed by atoms with Crippen LogP contribution in [-0.2, 0) is 16.0 Å². The highest BCUT2D eigenvalue weighted by Crippen LogP contribution is 2.12. The zero-order chi connectivity index (χ0) is 18.2. The third kappa shape index (κ3) is 6.39. The fourth-order valence-electron chi connectivity index (χ4n) is 2.27. The summed E-state index contributed by atoms with van der Waals surface area (Å²) in [6.45, 7) is 1.88. The van der Waals surface area contributed by atoms with E-state index in [9.17, 15) is 14.4 Å². The zero-order valence-corrected chi connectivity index (χ0v) is 14.6. The van der Waals surface area contributed by atoms with Crippen LogP contribution in [0.1, 0.15) is 29.3 Å². The number of nitrogens with one attached hydrogen (secondary N) is 2. The largest absolute Gasteiger partial charge is 0.355 e. The van der Waals surface area contributed by atoms with E-state index in [1.807, 2.05) is 18.2 Å². The molecule has 2 aromatic carbocycles. The molecule has 0 fully saturated rings. The van der Waals surface area contributed by atoms with Gasteiger partial charge in [0.25, 0.3) is 0 Å². The van der Waals surface area contributed by atoms with Crippen molar-refractivity contribution in [1.82, 2.24) is 5.32 Å². The molecule has 0 atom stereocenters. The van der Waals surface area contributed by atoms with Gasteiger partial charge in [0.05, 0.1) is 0 Å². The van der Waals surface area contributed by atoms with E-state index in [0.29, 0.717) is 29.2 Å². The van der Waals surface area contributed by atoms with Crippen molar-refractivity contribution in [2.45, 2.75) is 19.8 Å². The van der Waals surface area contributed by atoms with Crippen LogP contribution in [0.2, 0.25) is 5.02 Å². The first kappa shape index (κ1) is 18.7. The summed E-state index contributed by atoms with van der Waals surface area (Å²) in [5.41, 5.74) is 2.01. The Morgan fingerprint density at radius 2 is 1.76 bits per heavy atom. The SMILES string of the molecule is CC(=O)c1cccc(NC(=O)CC(=O)NCCc2cccc(Cl)c2)c1. The van der Waals surface area contributed by atoms with Gasteiger partial charge in [-0.1, -0.05) is 35.9 Å². The summed E-state index contributed by atoms with van der Waals surface area (Å²) >= 11 is 5.90. The molecule has 0 aliphatic carbocycles. The smallest absolute Gasteiger partial charge is 0.233 e. The lowest BCUT2D eigenvalue weighted by Gasteiger charge is -2.08. The summed E-state index contributed by atoms with van der Waals surface area (Å²) in [4.78, 5) is 35.1. The number of anilines is 1. The summed E-state index contributed by atoms with van der Waals surface area (Å²) in [5, 5.41) is 5.96. The van der Waals surface area contributed by atoms with Crippen LogP contribution in [0.5, 0.6) is 0 Å². The summed E-state index contributed by atoms with van der Waals surface area (Å²) < 4.78 is 0. The van der Waals surface area contributed by atoms with Crippen molar-refractivity contribution in [1.29, 1.82) is 0 Å². The van der Waals surface area contributed by atoms with Gasteiger partial charge in [-0.05, 0) is 43.2 Å². The third-order valence-electron chi connectivity index (χ3n) is 3.50. The van der Waals surface area contributed by atoms with Crippen molar-refractivity contribution in [2.75, 3.05) is 11.9 Å². The second-order valence-electron chi connectivity index (χ2n) is 5.59. The van der Waals surface area contributed by atoms with E-state index in [1.54, 1.807) is 30.3 Å². The molecule has 130 valence electrons. The van der Waals surface area contributed by atoms with Crippen LogP contribution in [0.15, 0.2) is 48.5 Å². The molecule has 2 rings (SSSR count). The Morgan fingerprint density at radius 3 is 2.48 bits per heavy atom. The van der Waals surface area contributed by atoms with E-state index in [1.165, 1.54) is 6.92 Å². The highest BCUT2D eigenvalue weighted by molar-refractivity contribution is 6.30. The standard InChI is InChI=1S/C19H19ClN2O3/c1-13(23)15-5-3-7-17(11-15)22-19(25)12-18(24)21-9-8-14-4-2-6-16(20)10-14/h2-7,10-11H,8-9,12H2,1H3,(H,21,24)(H,22,25). The van der Waals surface area contributed by atoms with Crippen LogP contribution in [0.25, 0.3) is 0 Å². The molecule has 0 saturated carbocycles. The maximum atomic E-state index is 11.9. The first-order chi connectivity index (χ1) is 11.9. The van der Waals surface area contributed by atoms with E-state index in [4.69, 9.17) is 11.6 Å². The van der Waals surface area contributed by atoms with Gasteiger partial charge in [0.15, 0.2) is 5.78 Å². The number of hydrogen-bond acceptors (Lipinski definition) is 3. The van der Waals surface area contributed by atoms with Gasteiger partial charge in [0.2, 0.25) is 11.8 Å². The molecule has 2 N–H and O–H groups in total. The zero-order valence-electron chi connectivity index (χ0n) is 13.8. The van der Waals surface area contributed by atoms with Crippen molar-refractivity contribution in [3.63, 3.8) is 0 Å². The van der Waals surface area contributed by atoms with E-state index in [-0.39, 0.29) is 18.1 Å². The molecular weight excluding hydrogens is 340 g/mol. The lowest BCUT2D eigenvalue weighted by Crippen LogP contribution is -2.29. The molecule has 0 saturated heterocycles. The minimum Gasteiger partial charge on any atom is -0.355 e. The molecule has 0 radical (unpaired) electrons. The molecule has 0 bridgehead atoms. The quantitative estimate of drug-likeness (QED) is 0.589. The Bertz CT molecular complexity index is 790. The van der Waals surface area contributed by atoms with Gasteiger partial charge in [-0.25, -0.2) is 0 Å². The van der Waals surface area contributed by atoms with Crippen molar-refractivity contribution >= 4 is 34.9 Å². The highest BCUT2D eigenvalue weighted by Gasteiger charge is 2.10. The normalized spacial score (nSPS) is 10.2. The van der Waals surface area contributed by atoms with E-state index in [2.05, 4.69) is 10.6 Å². The molecule has 0 heterocycles. The minimum atomic E-state index is -0.430. The highest BCUT2D eigenvalue weighted by atomic mass is 35.5. The molecular formula is C19H19ClN2O3. The Balaban J connectivity index is 1.77. The maximum absolute atomic E-state index is 11.9. The number of halogens is 1. The van der Waals surface area contributed by atoms with Gasteiger partial charge >= 0.3 is 0 Å². The lowest BCUT2D eigenvalue weighted by molar-refractivity contribution is -0.126. The van der Waals surface area contributed by atoms with Crippen molar-refractivity contribution < 1.29 is 14.4 Å². The first-order valence-electron chi connectivity index (χ1n) is 7.86. The van der Waals surface area contributed by atoms with Gasteiger partial charge in [0.1, 0.15) is 6.42 Å². The number of benzene rings is 2. The van der Waals surface area contributed by atoms with Gasteiger partial charge in [0, 0.05) is 22.8 Å². The van der Waals surface area contributed by atoms with Crippen LogP contribution in [0.3, 0.4) is 0 Å². The molecule has 0 aliphatic rings. The van der Waals surface area contributed by atoms with Gasteiger partial charge in [-0.2, -0.15) is 0 Å². The Morgan fingerprint density at radius 1 is 1.00 bits per heavy atom. The fraction of sp³-hybridized carbons (Fsp3) is 0.211. The predicted octanol–water partition coefficient (Wildman–Crippen LogP) is 3.23. The van der Waals surface area contributed by atoms with Gasteiger partial charge < -0.3 is 10.6 Å². The second kappa shape index (κ2) is 8.99. The molecule has 5 nitrogen and oxygen atoms in total. The Labute approximate surface area is 151 Å². The number of carbonyl (C=O) groups is 3. The molecule has 0 unspecified atom stereocenters. The summed E-state index contributed by atoms with van der Waals surface area (Å²) in [7, 11) is 0. The Hall–Kier alpha value is -2.66. The van der Waals surface area contributed by atoms with Crippen molar-refractivity contribution in [2.24, 2.45) is 0 Å². The molecule has 2 amide bonds. The van der Waals surface area contributed by atoms with E-state index >= 15 is 0 Å². The van der Waals surface area contributed by atoms with E-state index < -0.39 is 5.91 Å². The summed E-state index contributed by atoms with van der Waals surface area (Å²) in [5.74, 6) is -0.877. The molecule has 0 aromatic heterocycles. The number of rotatable bonds is 7. The van der Waals surface area contributed by atoms with Crippen LogP contribution >= 0.6 is 11.6 Å². The second-order valence-corrected chi connectivity index (χ2v) is 6.03. The molecule has 2 aromatic rings. The number of hydrogen-bond donors (Lipinski definition) is 2. The van der Waals surface area contributed by atoms with Crippen LogP contribution < -0.4 is 10.6 Å². The Kier molecular flexibility index (Phi) is 6.71. The van der Waals surface area contributed by atoms with Crippen LogP contribution in [0, 0.1) is 0 Å². The third-order valence-corrected chi connectivity index (χ3v) is 3.73. The van der Waals surface area contributed by atoms with E-state index in [0.717, 1.165) is 5.56 Å². The number of carbonyl (C=O) groups excluding carboxylic acids is 3. The van der Waals surface area contributed by atoms with Crippen LogP contribution in [-0.4, -0.2) is 24.1 Å². The minimum absolute atomic E-state index is 0.0881. The number of ketones is 1. The molecule has 0 aliphatic heterocycles. The van der Waals surface area contributed by atoms with Crippen molar-refractivity contribution in [3.05, 3.63) is 64.7 Å². The predicted molar refractivity (Wildman–Crippen MR) is 97.9 cm³/mol. The molecule has 0 spiro atoms. The average Bonchev–Trinajstić information content (AvgIpc) is 2.55. The molecule has 25 heavy (non-hydrogen) atoms. The molecule has 6 heteroatoms. The van der Waals surface area contributed by atoms with Crippen LogP contribution in [0.4, 0.5) is 5.69 Å². The topological polar surface area (TPSA) is 75.3 Å². The van der Waals surface area contributed by atoms with Gasteiger partial charge in [-0.3, -0.25) is 14.4 Å². The average molecular weight is 359 g/mol.